The third-order valence-corrected chi connectivity index (χ3v) is 5.19. The monoisotopic (exact) mass is 421 g/mol. The summed E-state index contributed by atoms with van der Waals surface area (Å²) >= 11 is 0. The van der Waals surface area contributed by atoms with Crippen molar-refractivity contribution in [3.63, 3.8) is 0 Å². The summed E-state index contributed by atoms with van der Waals surface area (Å²) in [6, 6.07) is 15.2. The Morgan fingerprint density at radius 1 is 1.06 bits per heavy atom. The molecule has 3 rings (SSSR count). The molecular weight excluding hydrogens is 394 g/mol. The fourth-order valence-corrected chi connectivity index (χ4v) is 3.49. The lowest BCUT2D eigenvalue weighted by Gasteiger charge is -2.19. The molecule has 2 aromatic carbocycles. The van der Waals surface area contributed by atoms with Crippen LogP contribution in [-0.4, -0.2) is 38.7 Å². The van der Waals surface area contributed by atoms with Gasteiger partial charge in [-0.2, -0.15) is 0 Å². The summed E-state index contributed by atoms with van der Waals surface area (Å²) in [5, 5.41) is 2.60. The Bertz CT molecular complexity index is 955. The number of carbonyl (C=O) groups is 2. The standard InChI is InChI=1S/C25H27NO5/c1-29-22-15-14-19(16-23(22)31-21-10-6-7-11-21)20(17-26-24(27)25(28)30-2)13-12-18-8-4-3-5-9-18/h3-5,8-9,14-16,20-21H,6-7,10-11,17H2,1-2H3,(H,26,27). The lowest BCUT2D eigenvalue weighted by molar-refractivity contribution is -0.152. The summed E-state index contributed by atoms with van der Waals surface area (Å²) in [5.41, 5.74) is 1.73. The van der Waals surface area contributed by atoms with E-state index in [2.05, 4.69) is 21.9 Å². The van der Waals surface area contributed by atoms with E-state index in [1.165, 1.54) is 7.11 Å². The maximum absolute atomic E-state index is 11.9. The van der Waals surface area contributed by atoms with Crippen LogP contribution in [0.2, 0.25) is 0 Å². The van der Waals surface area contributed by atoms with Crippen LogP contribution in [0.15, 0.2) is 48.5 Å². The third kappa shape index (κ3) is 6.26. The molecule has 6 heteroatoms. The van der Waals surface area contributed by atoms with Gasteiger partial charge in [-0.1, -0.05) is 36.1 Å². The van der Waals surface area contributed by atoms with Crippen molar-refractivity contribution in [3.05, 3.63) is 59.7 Å². The molecule has 31 heavy (non-hydrogen) atoms. The van der Waals surface area contributed by atoms with Gasteiger partial charge in [0, 0.05) is 12.1 Å². The highest BCUT2D eigenvalue weighted by molar-refractivity contribution is 6.32. The fourth-order valence-electron chi connectivity index (χ4n) is 3.49. The predicted octanol–water partition coefficient (Wildman–Crippen LogP) is 3.44. The Morgan fingerprint density at radius 3 is 2.48 bits per heavy atom. The molecule has 1 N–H and O–H groups in total. The molecule has 6 nitrogen and oxygen atoms in total. The molecular formula is C25H27NO5. The highest BCUT2D eigenvalue weighted by Crippen LogP contribution is 2.34. The lowest BCUT2D eigenvalue weighted by Crippen LogP contribution is -2.34. The zero-order valence-electron chi connectivity index (χ0n) is 17.9. The highest BCUT2D eigenvalue weighted by atomic mass is 16.5. The summed E-state index contributed by atoms with van der Waals surface area (Å²) in [6.45, 7) is 0.156. The van der Waals surface area contributed by atoms with Gasteiger partial charge >= 0.3 is 11.9 Å². The van der Waals surface area contributed by atoms with E-state index in [9.17, 15) is 9.59 Å². The Labute approximate surface area is 182 Å². The molecule has 0 saturated heterocycles. The molecule has 1 atom stereocenters. The van der Waals surface area contributed by atoms with Crippen molar-refractivity contribution in [1.82, 2.24) is 5.32 Å². The molecule has 1 unspecified atom stereocenters. The van der Waals surface area contributed by atoms with Gasteiger partial charge in [0.05, 0.1) is 26.2 Å². The van der Waals surface area contributed by atoms with Crippen molar-refractivity contribution in [2.24, 2.45) is 0 Å². The van der Waals surface area contributed by atoms with Crippen molar-refractivity contribution < 1.29 is 23.8 Å². The van der Waals surface area contributed by atoms with E-state index in [1.54, 1.807) is 7.11 Å². The number of hydrogen-bond acceptors (Lipinski definition) is 5. The van der Waals surface area contributed by atoms with Gasteiger partial charge in [0.25, 0.3) is 0 Å². The summed E-state index contributed by atoms with van der Waals surface area (Å²) < 4.78 is 16.1. The SMILES string of the molecule is COC(=O)C(=O)NCC(C#Cc1ccccc1)c1ccc(OC)c(OC2CCCC2)c1. The molecule has 0 spiro atoms. The molecule has 1 saturated carbocycles. The van der Waals surface area contributed by atoms with Crippen molar-refractivity contribution in [3.8, 4) is 23.3 Å². The average molecular weight is 421 g/mol. The normalized spacial score (nSPS) is 14.1. The van der Waals surface area contributed by atoms with E-state index in [4.69, 9.17) is 9.47 Å². The number of hydrogen-bond donors (Lipinski definition) is 1. The number of methoxy groups -OCH3 is 2. The van der Waals surface area contributed by atoms with Crippen LogP contribution in [0.3, 0.4) is 0 Å². The second-order valence-corrected chi connectivity index (χ2v) is 7.32. The first-order valence-corrected chi connectivity index (χ1v) is 10.4. The molecule has 0 aliphatic heterocycles. The molecule has 1 aliphatic rings. The first kappa shape index (κ1) is 22.2. The van der Waals surface area contributed by atoms with E-state index in [0.29, 0.717) is 11.5 Å². The van der Waals surface area contributed by atoms with Gasteiger partial charge in [-0.25, -0.2) is 4.79 Å². The molecule has 1 aliphatic carbocycles. The van der Waals surface area contributed by atoms with Crippen LogP contribution in [-0.2, 0) is 14.3 Å². The minimum absolute atomic E-state index is 0.156. The number of amides is 1. The van der Waals surface area contributed by atoms with Gasteiger partial charge in [-0.3, -0.25) is 4.79 Å². The molecule has 0 bridgehead atoms. The Morgan fingerprint density at radius 2 is 1.81 bits per heavy atom. The minimum Gasteiger partial charge on any atom is -0.493 e. The van der Waals surface area contributed by atoms with Crippen LogP contribution < -0.4 is 14.8 Å². The first-order valence-electron chi connectivity index (χ1n) is 10.4. The van der Waals surface area contributed by atoms with Gasteiger partial charge in [-0.05, 0) is 55.5 Å². The van der Waals surface area contributed by atoms with E-state index in [1.807, 2.05) is 48.5 Å². The van der Waals surface area contributed by atoms with E-state index < -0.39 is 11.9 Å². The fraction of sp³-hybridized carbons (Fsp3) is 0.360. The number of benzene rings is 2. The number of carbonyl (C=O) groups excluding carboxylic acids is 2. The van der Waals surface area contributed by atoms with Crippen LogP contribution in [0.1, 0.15) is 42.7 Å². The highest BCUT2D eigenvalue weighted by Gasteiger charge is 2.21. The zero-order valence-corrected chi connectivity index (χ0v) is 17.9. The molecule has 0 heterocycles. The zero-order chi connectivity index (χ0) is 22.1. The van der Waals surface area contributed by atoms with Crippen LogP contribution in [0.5, 0.6) is 11.5 Å². The maximum Gasteiger partial charge on any atom is 0.396 e. The van der Waals surface area contributed by atoms with Crippen molar-refractivity contribution in [2.75, 3.05) is 20.8 Å². The molecule has 162 valence electrons. The number of rotatable bonds is 6. The van der Waals surface area contributed by atoms with Crippen molar-refractivity contribution in [2.45, 2.75) is 37.7 Å². The van der Waals surface area contributed by atoms with Crippen LogP contribution >= 0.6 is 0 Å². The molecule has 1 fully saturated rings. The third-order valence-electron chi connectivity index (χ3n) is 5.19. The van der Waals surface area contributed by atoms with Gasteiger partial charge < -0.3 is 19.5 Å². The predicted molar refractivity (Wildman–Crippen MR) is 117 cm³/mol. The smallest absolute Gasteiger partial charge is 0.396 e. The molecule has 2 aromatic rings. The lowest BCUT2D eigenvalue weighted by atomic mass is 9.98. The van der Waals surface area contributed by atoms with E-state index in [-0.39, 0.29) is 18.6 Å². The second-order valence-electron chi connectivity index (χ2n) is 7.32. The van der Waals surface area contributed by atoms with Crippen molar-refractivity contribution >= 4 is 11.9 Å². The van der Waals surface area contributed by atoms with Gasteiger partial charge in [-0.15, -0.1) is 0 Å². The topological polar surface area (TPSA) is 73.9 Å². The van der Waals surface area contributed by atoms with Gasteiger partial charge in [0.15, 0.2) is 11.5 Å². The second kappa shape index (κ2) is 11.1. The molecule has 1 amide bonds. The van der Waals surface area contributed by atoms with Crippen LogP contribution in [0.25, 0.3) is 0 Å². The van der Waals surface area contributed by atoms with Crippen LogP contribution in [0, 0.1) is 11.8 Å². The summed E-state index contributed by atoms with van der Waals surface area (Å²) in [5.74, 6) is 5.58. The Hall–Kier alpha value is -3.46. The van der Waals surface area contributed by atoms with E-state index >= 15 is 0 Å². The molecule has 0 aromatic heterocycles. The number of ether oxygens (including phenoxy) is 3. The first-order chi connectivity index (χ1) is 15.1. The Balaban J connectivity index is 1.87. The van der Waals surface area contributed by atoms with Gasteiger partial charge in [0.1, 0.15) is 0 Å². The summed E-state index contributed by atoms with van der Waals surface area (Å²) in [7, 11) is 2.78. The summed E-state index contributed by atoms with van der Waals surface area (Å²) in [6.07, 6.45) is 4.56. The quantitative estimate of drug-likeness (QED) is 0.439. The Kier molecular flexibility index (Phi) is 7.94. The minimum atomic E-state index is -0.935. The largest absolute Gasteiger partial charge is 0.493 e. The number of nitrogens with one attached hydrogen (secondary N) is 1. The maximum atomic E-state index is 11.9. The van der Waals surface area contributed by atoms with Gasteiger partial charge in [0.2, 0.25) is 0 Å². The van der Waals surface area contributed by atoms with E-state index in [0.717, 1.165) is 36.8 Å². The average Bonchev–Trinajstić information content (AvgIpc) is 3.32. The molecule has 0 radical (unpaired) electrons. The number of esters is 1. The van der Waals surface area contributed by atoms with Crippen LogP contribution in [0.4, 0.5) is 0 Å². The van der Waals surface area contributed by atoms with Crippen molar-refractivity contribution in [1.29, 1.82) is 0 Å². The summed E-state index contributed by atoms with van der Waals surface area (Å²) in [4.78, 5) is 23.4.